The Morgan fingerprint density at radius 2 is 1.71 bits per heavy atom. The van der Waals surface area contributed by atoms with E-state index in [4.69, 9.17) is 4.74 Å². The summed E-state index contributed by atoms with van der Waals surface area (Å²) in [6, 6.07) is 14.9. The number of hydrogen-bond acceptors (Lipinski definition) is 5. The predicted molar refractivity (Wildman–Crippen MR) is 104 cm³/mol. The lowest BCUT2D eigenvalue weighted by Crippen LogP contribution is -2.46. The molecule has 2 aliphatic heterocycles. The summed E-state index contributed by atoms with van der Waals surface area (Å²) in [5.41, 5.74) is 2.23. The lowest BCUT2D eigenvalue weighted by atomic mass is 10.2. The summed E-state index contributed by atoms with van der Waals surface area (Å²) < 4.78 is 21.2. The molecular weight excluding hydrogens is 357 g/mol. The molecule has 28 heavy (non-hydrogen) atoms. The molecule has 0 unspecified atom stereocenters. The summed E-state index contributed by atoms with van der Waals surface area (Å²) in [7, 11) is 0. The van der Waals surface area contributed by atoms with Crippen molar-refractivity contribution < 1.29 is 9.13 Å². The second-order valence-electron chi connectivity index (χ2n) is 7.25. The highest BCUT2D eigenvalue weighted by Crippen LogP contribution is 2.25. The average Bonchev–Trinajstić information content (AvgIpc) is 2.99. The van der Waals surface area contributed by atoms with Gasteiger partial charge in [-0.25, -0.2) is 4.39 Å². The number of piperazine rings is 1. The second kappa shape index (κ2) is 7.24. The third-order valence-corrected chi connectivity index (χ3v) is 5.49. The van der Waals surface area contributed by atoms with E-state index in [-0.39, 0.29) is 5.82 Å². The Balaban J connectivity index is 1.26. The quantitative estimate of drug-likeness (QED) is 0.700. The monoisotopic (exact) mass is 379 g/mol. The molecule has 0 amide bonds. The molecule has 1 aromatic heterocycles. The van der Waals surface area contributed by atoms with Gasteiger partial charge in [-0.2, -0.15) is 0 Å². The minimum atomic E-state index is -0.194. The van der Waals surface area contributed by atoms with E-state index in [1.54, 1.807) is 0 Å². The fourth-order valence-corrected chi connectivity index (χ4v) is 3.88. The van der Waals surface area contributed by atoms with E-state index in [0.717, 1.165) is 67.9 Å². The fraction of sp³-hybridized carbons (Fsp3) is 0.333. The molecular formula is C21H22FN5O. The summed E-state index contributed by atoms with van der Waals surface area (Å²) in [5, 5.41) is 8.78. The predicted octanol–water partition coefficient (Wildman–Crippen LogP) is 2.68. The van der Waals surface area contributed by atoms with Gasteiger partial charge in [-0.1, -0.05) is 18.2 Å². The number of nitrogens with zero attached hydrogens (tertiary/aromatic N) is 5. The lowest BCUT2D eigenvalue weighted by Gasteiger charge is -2.35. The molecule has 0 bridgehead atoms. The number of rotatable bonds is 3. The first-order valence-electron chi connectivity index (χ1n) is 9.61. The van der Waals surface area contributed by atoms with Crippen LogP contribution in [-0.2, 0) is 19.7 Å². The van der Waals surface area contributed by atoms with Crippen LogP contribution in [0.1, 0.15) is 17.2 Å². The SMILES string of the molecule is Fc1ccc(N2CCN(Cc3nnc4n3Cc3ccccc3OC4)CC2)cc1. The number of para-hydroxylation sites is 1. The van der Waals surface area contributed by atoms with Crippen LogP contribution in [0.15, 0.2) is 48.5 Å². The van der Waals surface area contributed by atoms with Gasteiger partial charge < -0.3 is 14.2 Å². The smallest absolute Gasteiger partial charge is 0.171 e. The summed E-state index contributed by atoms with van der Waals surface area (Å²) in [6.45, 7) is 5.66. The first-order valence-corrected chi connectivity index (χ1v) is 9.61. The topological polar surface area (TPSA) is 46.4 Å². The van der Waals surface area contributed by atoms with Gasteiger partial charge in [0.1, 0.15) is 24.0 Å². The molecule has 3 heterocycles. The zero-order valence-electron chi connectivity index (χ0n) is 15.6. The number of benzene rings is 2. The number of halogens is 1. The van der Waals surface area contributed by atoms with Gasteiger partial charge in [-0.15, -0.1) is 10.2 Å². The van der Waals surface area contributed by atoms with Crippen LogP contribution >= 0.6 is 0 Å². The van der Waals surface area contributed by atoms with Crippen molar-refractivity contribution >= 4 is 5.69 Å². The molecule has 3 aromatic rings. The third kappa shape index (κ3) is 3.33. The number of anilines is 1. The van der Waals surface area contributed by atoms with Crippen molar-refractivity contribution in [3.8, 4) is 5.75 Å². The molecule has 0 saturated carbocycles. The van der Waals surface area contributed by atoms with E-state index < -0.39 is 0 Å². The average molecular weight is 379 g/mol. The van der Waals surface area contributed by atoms with Crippen LogP contribution < -0.4 is 9.64 Å². The summed E-state index contributed by atoms with van der Waals surface area (Å²) in [4.78, 5) is 4.69. The molecule has 0 spiro atoms. The van der Waals surface area contributed by atoms with Crippen LogP contribution in [0.5, 0.6) is 5.75 Å². The summed E-state index contributed by atoms with van der Waals surface area (Å²) >= 11 is 0. The molecule has 0 N–H and O–H groups in total. The third-order valence-electron chi connectivity index (χ3n) is 5.49. The number of aromatic nitrogens is 3. The molecule has 0 atom stereocenters. The van der Waals surface area contributed by atoms with E-state index >= 15 is 0 Å². The van der Waals surface area contributed by atoms with E-state index in [9.17, 15) is 4.39 Å². The minimum absolute atomic E-state index is 0.194. The van der Waals surface area contributed by atoms with Crippen molar-refractivity contribution in [3.63, 3.8) is 0 Å². The van der Waals surface area contributed by atoms with Crippen LogP contribution in [0.25, 0.3) is 0 Å². The maximum absolute atomic E-state index is 13.1. The Morgan fingerprint density at radius 3 is 2.54 bits per heavy atom. The van der Waals surface area contributed by atoms with E-state index in [2.05, 4.69) is 30.6 Å². The summed E-state index contributed by atoms with van der Waals surface area (Å²) in [5.74, 6) is 2.58. The van der Waals surface area contributed by atoms with Crippen molar-refractivity contribution in [2.24, 2.45) is 0 Å². The van der Waals surface area contributed by atoms with Crippen LogP contribution in [0.2, 0.25) is 0 Å². The Bertz CT molecular complexity index is 963. The van der Waals surface area contributed by atoms with Gasteiger partial charge in [0.15, 0.2) is 5.82 Å². The molecule has 144 valence electrons. The molecule has 5 rings (SSSR count). The minimum Gasteiger partial charge on any atom is -0.485 e. The van der Waals surface area contributed by atoms with Gasteiger partial charge in [-0.3, -0.25) is 4.90 Å². The molecule has 2 aromatic carbocycles. The van der Waals surface area contributed by atoms with Crippen molar-refractivity contribution in [2.45, 2.75) is 19.7 Å². The maximum atomic E-state index is 13.1. The van der Waals surface area contributed by atoms with E-state index in [1.165, 1.54) is 12.1 Å². The number of fused-ring (bicyclic) bond motifs is 2. The molecule has 2 aliphatic rings. The highest BCUT2D eigenvalue weighted by molar-refractivity contribution is 5.46. The van der Waals surface area contributed by atoms with Crippen molar-refractivity contribution in [2.75, 3.05) is 31.1 Å². The van der Waals surface area contributed by atoms with Gasteiger partial charge in [0, 0.05) is 37.4 Å². The first kappa shape index (κ1) is 17.2. The van der Waals surface area contributed by atoms with Gasteiger partial charge >= 0.3 is 0 Å². The molecule has 1 fully saturated rings. The Labute approximate surface area is 163 Å². The van der Waals surface area contributed by atoms with Crippen molar-refractivity contribution in [1.29, 1.82) is 0 Å². The van der Waals surface area contributed by atoms with Crippen LogP contribution in [-0.4, -0.2) is 45.8 Å². The van der Waals surface area contributed by atoms with Crippen molar-refractivity contribution in [3.05, 3.63) is 71.6 Å². The lowest BCUT2D eigenvalue weighted by molar-refractivity contribution is 0.240. The number of hydrogen-bond donors (Lipinski definition) is 0. The molecule has 6 nitrogen and oxygen atoms in total. The molecule has 1 saturated heterocycles. The Hall–Kier alpha value is -2.93. The standard InChI is InChI=1S/C21H22FN5O/c22-17-5-7-18(8-6-17)26-11-9-25(10-12-26)14-20-23-24-21-15-28-19-4-2-1-3-16(19)13-27(20)21/h1-8H,9-15H2. The van der Waals surface area contributed by atoms with Crippen LogP contribution in [0.3, 0.4) is 0 Å². The van der Waals surface area contributed by atoms with Crippen molar-refractivity contribution in [1.82, 2.24) is 19.7 Å². The van der Waals surface area contributed by atoms with Crippen LogP contribution in [0, 0.1) is 5.82 Å². The van der Waals surface area contributed by atoms with Gasteiger partial charge in [-0.05, 0) is 30.3 Å². The van der Waals surface area contributed by atoms with Gasteiger partial charge in [0.2, 0.25) is 0 Å². The molecule has 0 radical (unpaired) electrons. The zero-order valence-corrected chi connectivity index (χ0v) is 15.6. The highest BCUT2D eigenvalue weighted by atomic mass is 19.1. The second-order valence-corrected chi connectivity index (χ2v) is 7.25. The summed E-state index contributed by atoms with van der Waals surface area (Å²) in [6.07, 6.45) is 0. The van der Waals surface area contributed by atoms with Gasteiger partial charge in [0.25, 0.3) is 0 Å². The Morgan fingerprint density at radius 1 is 0.929 bits per heavy atom. The first-order chi connectivity index (χ1) is 13.8. The van der Waals surface area contributed by atoms with E-state index in [0.29, 0.717) is 6.61 Å². The molecule has 7 heteroatoms. The fourth-order valence-electron chi connectivity index (χ4n) is 3.88. The highest BCUT2D eigenvalue weighted by Gasteiger charge is 2.23. The molecule has 0 aliphatic carbocycles. The van der Waals surface area contributed by atoms with Gasteiger partial charge in [0.05, 0.1) is 13.1 Å². The van der Waals surface area contributed by atoms with Crippen LogP contribution in [0.4, 0.5) is 10.1 Å². The number of ether oxygens (including phenoxy) is 1. The maximum Gasteiger partial charge on any atom is 0.171 e. The zero-order chi connectivity index (χ0) is 18.9. The largest absolute Gasteiger partial charge is 0.485 e. The Kier molecular flexibility index (Phi) is 4.44. The normalized spacial score (nSPS) is 16.8. The van der Waals surface area contributed by atoms with E-state index in [1.807, 2.05) is 30.3 Å².